The van der Waals surface area contributed by atoms with E-state index in [0.717, 1.165) is 17.7 Å². The van der Waals surface area contributed by atoms with Crippen molar-refractivity contribution in [3.63, 3.8) is 0 Å². The number of hydrogen-bond donors (Lipinski definition) is 3. The Morgan fingerprint density at radius 3 is 3.12 bits per heavy atom. The van der Waals surface area contributed by atoms with Crippen LogP contribution in [-0.4, -0.2) is 22.7 Å². The van der Waals surface area contributed by atoms with Gasteiger partial charge in [-0.2, -0.15) is 0 Å². The summed E-state index contributed by atoms with van der Waals surface area (Å²) in [5, 5.41) is 12.1. The van der Waals surface area contributed by atoms with Crippen molar-refractivity contribution in [1.29, 1.82) is 0 Å². The molecule has 0 radical (unpaired) electrons. The van der Waals surface area contributed by atoms with Crippen LogP contribution >= 0.6 is 0 Å². The molecule has 86 valence electrons. The molecule has 5 heteroatoms. The van der Waals surface area contributed by atoms with Gasteiger partial charge in [0.05, 0.1) is 6.61 Å². The zero-order valence-corrected chi connectivity index (χ0v) is 9.04. The maximum Gasteiger partial charge on any atom is 0.356 e. The zero-order chi connectivity index (χ0) is 11.5. The molecular formula is C11H14N2O3. The minimum absolute atomic E-state index is 0.131. The van der Waals surface area contributed by atoms with Crippen molar-refractivity contribution in [2.75, 3.05) is 6.61 Å². The van der Waals surface area contributed by atoms with Crippen LogP contribution < -0.4 is 10.1 Å². The molecule has 0 unspecified atom stereocenters. The zero-order valence-electron chi connectivity index (χ0n) is 9.04. The second-order valence-corrected chi connectivity index (χ2v) is 3.59. The molecule has 0 saturated carbocycles. The third-order valence-electron chi connectivity index (χ3n) is 2.40. The summed E-state index contributed by atoms with van der Waals surface area (Å²) < 4.78 is 5.50. The molecule has 2 rings (SSSR count). The molecule has 0 saturated heterocycles. The second-order valence-electron chi connectivity index (χ2n) is 3.59. The van der Waals surface area contributed by atoms with E-state index in [1.165, 1.54) is 0 Å². The lowest BCUT2D eigenvalue weighted by atomic mass is 10.1. The first kappa shape index (κ1) is 10.6. The molecule has 2 heterocycles. The Morgan fingerprint density at radius 1 is 1.62 bits per heavy atom. The molecule has 0 amide bonds. The van der Waals surface area contributed by atoms with Gasteiger partial charge in [-0.3, -0.25) is 0 Å². The summed E-state index contributed by atoms with van der Waals surface area (Å²) in [6.07, 6.45) is 4.44. The van der Waals surface area contributed by atoms with E-state index in [4.69, 9.17) is 9.84 Å². The quantitative estimate of drug-likeness (QED) is 0.723. The van der Waals surface area contributed by atoms with Crippen LogP contribution in [0.25, 0.3) is 6.08 Å². The van der Waals surface area contributed by atoms with E-state index in [1.54, 1.807) is 6.20 Å². The molecule has 0 aliphatic carbocycles. The maximum absolute atomic E-state index is 11.0. The van der Waals surface area contributed by atoms with E-state index in [9.17, 15) is 4.79 Å². The summed E-state index contributed by atoms with van der Waals surface area (Å²) in [6.45, 7) is 3.10. The third kappa shape index (κ3) is 1.76. The maximum atomic E-state index is 11.0. The van der Waals surface area contributed by atoms with Crippen LogP contribution in [0, 0.1) is 0 Å². The van der Waals surface area contributed by atoms with Gasteiger partial charge < -0.3 is 20.1 Å². The summed E-state index contributed by atoms with van der Waals surface area (Å²) in [6, 6.07) is 0. The molecule has 5 nitrogen and oxygen atoms in total. The molecule has 0 aromatic carbocycles. The lowest BCUT2D eigenvalue weighted by molar-refractivity contribution is 0.0686. The number of aromatic nitrogens is 1. The topological polar surface area (TPSA) is 74.3 Å². The Labute approximate surface area is 93.1 Å². The summed E-state index contributed by atoms with van der Waals surface area (Å²) in [5.74, 6) is -0.532. The van der Waals surface area contributed by atoms with Gasteiger partial charge in [0, 0.05) is 17.8 Å². The Bertz CT molecular complexity index is 435. The number of hydrogen-bond acceptors (Lipinski definition) is 3. The first-order chi connectivity index (χ1) is 7.74. The van der Waals surface area contributed by atoms with E-state index in [-0.39, 0.29) is 5.69 Å². The molecule has 16 heavy (non-hydrogen) atoms. The highest BCUT2D eigenvalue weighted by Gasteiger charge is 2.22. The average Bonchev–Trinajstić information content (AvgIpc) is 2.65. The fraction of sp³-hybridized carbons (Fsp3) is 0.364. The lowest BCUT2D eigenvalue weighted by Crippen LogP contribution is -2.10. The minimum Gasteiger partial charge on any atom is -0.491 e. The molecule has 0 fully saturated rings. The number of aromatic amines is 1. The lowest BCUT2D eigenvalue weighted by Gasteiger charge is -2.10. The number of rotatable bonds is 4. The van der Waals surface area contributed by atoms with Crippen molar-refractivity contribution < 1.29 is 14.6 Å². The molecule has 1 aromatic rings. The number of H-pyrrole nitrogens is 1. The van der Waals surface area contributed by atoms with Gasteiger partial charge in [0.15, 0.2) is 11.4 Å². The highest BCUT2D eigenvalue weighted by Crippen LogP contribution is 2.30. The smallest absolute Gasteiger partial charge is 0.356 e. The molecule has 1 aliphatic heterocycles. The fourth-order valence-corrected chi connectivity index (χ4v) is 1.68. The summed E-state index contributed by atoms with van der Waals surface area (Å²) in [5.41, 5.74) is 1.82. The number of nitrogens with one attached hydrogen (secondary N) is 2. The molecule has 0 spiro atoms. The van der Waals surface area contributed by atoms with Crippen LogP contribution in [0.1, 0.15) is 35.1 Å². The van der Waals surface area contributed by atoms with Crippen molar-refractivity contribution in [3.8, 4) is 5.75 Å². The van der Waals surface area contributed by atoms with Crippen LogP contribution in [0.4, 0.5) is 0 Å². The highest BCUT2D eigenvalue weighted by molar-refractivity contribution is 5.90. The van der Waals surface area contributed by atoms with Crippen molar-refractivity contribution in [1.82, 2.24) is 10.3 Å². The standard InChI is InChI=1S/C11H14N2O3/c1-2-5-16-10-7-6-12-4-3-8(7)13-9(10)11(14)15/h3-4,12-13H,2,5-6H2,1H3,(H,14,15). The first-order valence-electron chi connectivity index (χ1n) is 5.25. The van der Waals surface area contributed by atoms with Gasteiger partial charge in [-0.1, -0.05) is 6.92 Å². The number of ether oxygens (including phenoxy) is 1. The largest absolute Gasteiger partial charge is 0.491 e. The van der Waals surface area contributed by atoms with Gasteiger partial charge in [0.2, 0.25) is 0 Å². The van der Waals surface area contributed by atoms with Gasteiger partial charge in [-0.25, -0.2) is 4.79 Å². The number of carbonyl (C=O) groups is 1. The van der Waals surface area contributed by atoms with Gasteiger partial charge >= 0.3 is 5.97 Å². The van der Waals surface area contributed by atoms with Crippen LogP contribution in [0.2, 0.25) is 0 Å². The second kappa shape index (κ2) is 4.30. The van der Waals surface area contributed by atoms with E-state index in [0.29, 0.717) is 18.9 Å². The van der Waals surface area contributed by atoms with Crippen LogP contribution in [0.3, 0.4) is 0 Å². The van der Waals surface area contributed by atoms with Gasteiger partial charge in [-0.05, 0) is 18.7 Å². The molecular weight excluding hydrogens is 208 g/mol. The first-order valence-corrected chi connectivity index (χ1v) is 5.25. The van der Waals surface area contributed by atoms with E-state index < -0.39 is 5.97 Å². The Balaban J connectivity index is 2.41. The van der Waals surface area contributed by atoms with Crippen LogP contribution in [0.5, 0.6) is 5.75 Å². The Hall–Kier alpha value is -1.91. The van der Waals surface area contributed by atoms with Crippen LogP contribution in [0.15, 0.2) is 6.20 Å². The van der Waals surface area contributed by atoms with Gasteiger partial charge in [0.25, 0.3) is 0 Å². The van der Waals surface area contributed by atoms with Gasteiger partial charge in [-0.15, -0.1) is 0 Å². The Morgan fingerprint density at radius 2 is 2.44 bits per heavy atom. The normalized spacial score (nSPS) is 13.1. The number of aromatic carboxylic acids is 1. The average molecular weight is 222 g/mol. The summed E-state index contributed by atoms with van der Waals surface area (Å²) in [4.78, 5) is 13.9. The molecule has 0 atom stereocenters. The van der Waals surface area contributed by atoms with Gasteiger partial charge in [0.1, 0.15) is 0 Å². The Kier molecular flexibility index (Phi) is 2.85. The van der Waals surface area contributed by atoms with Crippen molar-refractivity contribution in [3.05, 3.63) is 23.2 Å². The number of carboxylic acid groups (broad SMARTS) is 1. The predicted octanol–water partition coefficient (Wildman–Crippen LogP) is 1.58. The molecule has 1 aliphatic rings. The molecule has 1 aromatic heterocycles. The summed E-state index contributed by atoms with van der Waals surface area (Å²) >= 11 is 0. The SMILES string of the molecule is CCCOc1c(C(=O)O)[nH]c2c1CNC=C2. The number of carboxylic acids is 1. The highest BCUT2D eigenvalue weighted by atomic mass is 16.5. The van der Waals surface area contributed by atoms with Crippen molar-refractivity contribution in [2.45, 2.75) is 19.9 Å². The molecule has 0 bridgehead atoms. The monoisotopic (exact) mass is 222 g/mol. The predicted molar refractivity (Wildman–Crippen MR) is 59.4 cm³/mol. The van der Waals surface area contributed by atoms with Crippen LogP contribution in [-0.2, 0) is 6.54 Å². The van der Waals surface area contributed by atoms with E-state index in [2.05, 4.69) is 10.3 Å². The third-order valence-corrected chi connectivity index (χ3v) is 2.40. The van der Waals surface area contributed by atoms with E-state index >= 15 is 0 Å². The van der Waals surface area contributed by atoms with E-state index in [1.807, 2.05) is 13.0 Å². The van der Waals surface area contributed by atoms with Crippen molar-refractivity contribution in [2.24, 2.45) is 0 Å². The summed E-state index contributed by atoms with van der Waals surface area (Å²) in [7, 11) is 0. The minimum atomic E-state index is -0.992. The van der Waals surface area contributed by atoms with Crippen molar-refractivity contribution >= 4 is 12.0 Å². The fourth-order valence-electron chi connectivity index (χ4n) is 1.68. The number of fused-ring (bicyclic) bond motifs is 1. The molecule has 3 N–H and O–H groups in total.